The number of nitrogen functional groups attached to an aromatic ring is 1. The minimum atomic E-state index is -0.519. The van der Waals surface area contributed by atoms with Crippen molar-refractivity contribution in [3.63, 3.8) is 0 Å². The predicted octanol–water partition coefficient (Wildman–Crippen LogP) is 1.52. The molecule has 0 fully saturated rings. The van der Waals surface area contributed by atoms with E-state index in [4.69, 9.17) is 11.5 Å². The summed E-state index contributed by atoms with van der Waals surface area (Å²) in [6.45, 7) is 5.92. The first-order valence-corrected chi connectivity index (χ1v) is 6.68. The molecular weight excluding hydrogens is 254 g/mol. The highest BCUT2D eigenvalue weighted by Gasteiger charge is 2.30. The van der Waals surface area contributed by atoms with E-state index in [9.17, 15) is 9.59 Å². The number of amides is 2. The Kier molecular flexibility index (Phi) is 5.13. The minimum Gasteiger partial charge on any atom is -0.399 e. The predicted molar refractivity (Wildman–Crippen MR) is 79.5 cm³/mol. The second-order valence-electron chi connectivity index (χ2n) is 5.61. The molecule has 0 unspecified atom stereocenters. The van der Waals surface area contributed by atoms with Gasteiger partial charge in [-0.1, -0.05) is 32.9 Å². The molecule has 0 saturated heterocycles. The molecule has 1 aromatic rings. The lowest BCUT2D eigenvalue weighted by atomic mass is 9.88. The van der Waals surface area contributed by atoms with Crippen LogP contribution in [0.2, 0.25) is 0 Å². The summed E-state index contributed by atoms with van der Waals surface area (Å²) in [5, 5.41) is 0. The summed E-state index contributed by atoms with van der Waals surface area (Å²) in [6, 6.07) is 7.26. The van der Waals surface area contributed by atoms with E-state index in [0.717, 1.165) is 5.56 Å². The third-order valence-electron chi connectivity index (χ3n) is 3.42. The van der Waals surface area contributed by atoms with Crippen molar-refractivity contribution < 1.29 is 9.59 Å². The Hall–Kier alpha value is -2.04. The lowest BCUT2D eigenvalue weighted by Crippen LogP contribution is -2.44. The van der Waals surface area contributed by atoms with Crippen LogP contribution in [0.1, 0.15) is 32.8 Å². The molecule has 0 aliphatic rings. The van der Waals surface area contributed by atoms with Crippen molar-refractivity contribution in [1.82, 2.24) is 4.90 Å². The summed E-state index contributed by atoms with van der Waals surface area (Å²) in [5.41, 5.74) is 12.0. The fourth-order valence-corrected chi connectivity index (χ4v) is 1.88. The van der Waals surface area contributed by atoms with Gasteiger partial charge in [0.1, 0.15) is 0 Å². The fourth-order valence-electron chi connectivity index (χ4n) is 1.88. The first kappa shape index (κ1) is 16.0. The van der Waals surface area contributed by atoms with Gasteiger partial charge in [-0.05, 0) is 24.1 Å². The SMILES string of the molecule is CCC(C)(C)C(=O)N(CC(N)=O)Cc1cccc(N)c1. The Balaban J connectivity index is 2.95. The van der Waals surface area contributed by atoms with Crippen molar-refractivity contribution in [1.29, 1.82) is 0 Å². The number of anilines is 1. The topological polar surface area (TPSA) is 89.4 Å². The van der Waals surface area contributed by atoms with Crippen LogP contribution in [0.4, 0.5) is 5.69 Å². The number of carbonyl (C=O) groups excluding carboxylic acids is 2. The van der Waals surface area contributed by atoms with Gasteiger partial charge in [0.15, 0.2) is 0 Å². The maximum atomic E-state index is 12.5. The monoisotopic (exact) mass is 277 g/mol. The normalized spacial score (nSPS) is 11.2. The van der Waals surface area contributed by atoms with Gasteiger partial charge in [0.2, 0.25) is 11.8 Å². The molecular formula is C15H23N3O2. The van der Waals surface area contributed by atoms with E-state index >= 15 is 0 Å². The van der Waals surface area contributed by atoms with E-state index in [1.165, 1.54) is 4.90 Å². The van der Waals surface area contributed by atoms with Crippen LogP contribution in [0.15, 0.2) is 24.3 Å². The average Bonchev–Trinajstić information content (AvgIpc) is 2.36. The molecule has 0 bridgehead atoms. The molecule has 0 aliphatic carbocycles. The smallest absolute Gasteiger partial charge is 0.237 e. The lowest BCUT2D eigenvalue weighted by Gasteiger charge is -2.30. The molecule has 1 rings (SSSR count). The Morgan fingerprint density at radius 1 is 1.30 bits per heavy atom. The van der Waals surface area contributed by atoms with Crippen LogP contribution in [0.25, 0.3) is 0 Å². The molecule has 0 heterocycles. The number of nitrogens with two attached hydrogens (primary N) is 2. The van der Waals surface area contributed by atoms with Crippen molar-refractivity contribution in [2.24, 2.45) is 11.1 Å². The van der Waals surface area contributed by atoms with Gasteiger partial charge in [-0.2, -0.15) is 0 Å². The standard InChI is InChI=1S/C15H23N3O2/c1-4-15(2,3)14(20)18(10-13(17)19)9-11-6-5-7-12(16)8-11/h5-8H,4,9-10,16H2,1-3H3,(H2,17,19). The molecule has 110 valence electrons. The number of rotatable bonds is 6. The highest BCUT2D eigenvalue weighted by atomic mass is 16.2. The maximum Gasteiger partial charge on any atom is 0.237 e. The summed E-state index contributed by atoms with van der Waals surface area (Å²) < 4.78 is 0. The molecule has 5 nitrogen and oxygen atoms in total. The summed E-state index contributed by atoms with van der Waals surface area (Å²) in [7, 11) is 0. The van der Waals surface area contributed by atoms with E-state index in [2.05, 4.69) is 0 Å². The van der Waals surface area contributed by atoms with Gasteiger partial charge in [0.25, 0.3) is 0 Å². The average molecular weight is 277 g/mol. The van der Waals surface area contributed by atoms with Gasteiger partial charge in [-0.15, -0.1) is 0 Å². The number of nitrogens with zero attached hydrogens (tertiary/aromatic N) is 1. The zero-order valence-electron chi connectivity index (χ0n) is 12.3. The lowest BCUT2D eigenvalue weighted by molar-refractivity contribution is -0.143. The zero-order chi connectivity index (χ0) is 15.3. The van der Waals surface area contributed by atoms with Gasteiger partial charge in [-0.25, -0.2) is 0 Å². The van der Waals surface area contributed by atoms with Gasteiger partial charge in [0.05, 0.1) is 6.54 Å². The number of hydrogen-bond donors (Lipinski definition) is 2. The number of hydrogen-bond acceptors (Lipinski definition) is 3. The van der Waals surface area contributed by atoms with E-state index in [0.29, 0.717) is 18.7 Å². The molecule has 0 spiro atoms. The van der Waals surface area contributed by atoms with Gasteiger partial charge in [0, 0.05) is 17.6 Å². The number of carbonyl (C=O) groups is 2. The van der Waals surface area contributed by atoms with Gasteiger partial charge < -0.3 is 16.4 Å². The Labute approximate surface area is 119 Å². The van der Waals surface area contributed by atoms with Gasteiger partial charge >= 0.3 is 0 Å². The van der Waals surface area contributed by atoms with Crippen molar-refractivity contribution >= 4 is 17.5 Å². The molecule has 5 heteroatoms. The van der Waals surface area contributed by atoms with E-state index in [1.807, 2.05) is 32.9 Å². The third-order valence-corrected chi connectivity index (χ3v) is 3.42. The van der Waals surface area contributed by atoms with Crippen molar-refractivity contribution in [3.8, 4) is 0 Å². The summed E-state index contributed by atoms with van der Waals surface area (Å²) in [5.74, 6) is -0.601. The highest BCUT2D eigenvalue weighted by Crippen LogP contribution is 2.24. The molecule has 4 N–H and O–H groups in total. The molecule has 0 atom stereocenters. The Bertz CT molecular complexity index is 498. The summed E-state index contributed by atoms with van der Waals surface area (Å²) >= 11 is 0. The highest BCUT2D eigenvalue weighted by molar-refractivity contribution is 5.86. The Morgan fingerprint density at radius 2 is 1.95 bits per heavy atom. The van der Waals surface area contributed by atoms with Crippen LogP contribution < -0.4 is 11.5 Å². The second kappa shape index (κ2) is 6.41. The van der Waals surface area contributed by atoms with E-state index < -0.39 is 11.3 Å². The van der Waals surface area contributed by atoms with Crippen LogP contribution >= 0.6 is 0 Å². The van der Waals surface area contributed by atoms with Crippen LogP contribution in [-0.2, 0) is 16.1 Å². The van der Waals surface area contributed by atoms with Crippen LogP contribution in [-0.4, -0.2) is 23.3 Å². The summed E-state index contributed by atoms with van der Waals surface area (Å²) in [6.07, 6.45) is 0.692. The quantitative estimate of drug-likeness (QED) is 0.772. The zero-order valence-corrected chi connectivity index (χ0v) is 12.3. The molecule has 0 saturated carbocycles. The van der Waals surface area contributed by atoms with Crippen LogP contribution in [0, 0.1) is 5.41 Å². The Morgan fingerprint density at radius 3 is 2.45 bits per heavy atom. The van der Waals surface area contributed by atoms with Crippen molar-refractivity contribution in [2.75, 3.05) is 12.3 Å². The van der Waals surface area contributed by atoms with Gasteiger partial charge in [-0.3, -0.25) is 9.59 Å². The third kappa shape index (κ3) is 4.26. The summed E-state index contributed by atoms with van der Waals surface area (Å²) in [4.78, 5) is 25.2. The van der Waals surface area contributed by atoms with Crippen molar-refractivity contribution in [3.05, 3.63) is 29.8 Å². The van der Waals surface area contributed by atoms with Crippen molar-refractivity contribution in [2.45, 2.75) is 33.7 Å². The van der Waals surface area contributed by atoms with E-state index in [1.54, 1.807) is 12.1 Å². The molecule has 20 heavy (non-hydrogen) atoms. The number of primary amides is 1. The first-order valence-electron chi connectivity index (χ1n) is 6.68. The molecule has 1 aromatic carbocycles. The molecule has 0 aliphatic heterocycles. The van der Waals surface area contributed by atoms with E-state index in [-0.39, 0.29) is 12.5 Å². The molecule has 0 aromatic heterocycles. The molecule has 2 amide bonds. The minimum absolute atomic E-state index is 0.0822. The first-order chi connectivity index (χ1) is 9.26. The second-order valence-corrected chi connectivity index (χ2v) is 5.61. The van der Waals surface area contributed by atoms with Crippen LogP contribution in [0.5, 0.6) is 0 Å². The number of benzene rings is 1. The largest absolute Gasteiger partial charge is 0.399 e. The maximum absolute atomic E-state index is 12.5. The fraction of sp³-hybridized carbons (Fsp3) is 0.467. The molecule has 0 radical (unpaired) electrons. The van der Waals surface area contributed by atoms with Crippen LogP contribution in [0.3, 0.4) is 0 Å².